The van der Waals surface area contributed by atoms with Gasteiger partial charge >= 0.3 is 5.97 Å². The molecular formula is C19H17Cl2NO3. The van der Waals surface area contributed by atoms with Crippen molar-refractivity contribution in [1.82, 2.24) is 0 Å². The van der Waals surface area contributed by atoms with Crippen molar-refractivity contribution < 1.29 is 14.3 Å². The van der Waals surface area contributed by atoms with Gasteiger partial charge < -0.3 is 9.64 Å². The third-order valence-electron chi connectivity index (χ3n) is 4.19. The van der Waals surface area contributed by atoms with Gasteiger partial charge in [-0.25, -0.2) is 4.79 Å². The number of hydrogen-bond acceptors (Lipinski definition) is 3. The molecule has 0 fully saturated rings. The Morgan fingerprint density at radius 3 is 2.64 bits per heavy atom. The van der Waals surface area contributed by atoms with E-state index in [4.69, 9.17) is 27.9 Å². The van der Waals surface area contributed by atoms with Crippen LogP contribution in [0.15, 0.2) is 36.4 Å². The fourth-order valence-corrected chi connectivity index (χ4v) is 3.63. The fourth-order valence-electron chi connectivity index (χ4n) is 3.14. The number of benzene rings is 2. The standard InChI is InChI=1S/C19H17Cl2NO3/c1-3-25-19(24)15-6-4-5-12-9-11(2)22(17(12)15)18(23)14-8-7-13(20)10-16(14)21/h4-8,10-11H,3,9H2,1-2H3. The van der Waals surface area contributed by atoms with E-state index in [0.717, 1.165) is 5.56 Å². The van der Waals surface area contributed by atoms with E-state index in [-0.39, 0.29) is 23.6 Å². The highest BCUT2D eigenvalue weighted by molar-refractivity contribution is 6.37. The van der Waals surface area contributed by atoms with E-state index in [2.05, 4.69) is 0 Å². The van der Waals surface area contributed by atoms with Crippen LogP contribution in [0.25, 0.3) is 0 Å². The number of fused-ring (bicyclic) bond motifs is 1. The molecule has 0 saturated heterocycles. The summed E-state index contributed by atoms with van der Waals surface area (Å²) < 4.78 is 5.14. The van der Waals surface area contributed by atoms with E-state index in [0.29, 0.717) is 28.3 Å². The van der Waals surface area contributed by atoms with E-state index in [9.17, 15) is 9.59 Å². The monoisotopic (exact) mass is 377 g/mol. The van der Waals surface area contributed by atoms with Crippen molar-refractivity contribution in [2.75, 3.05) is 11.5 Å². The lowest BCUT2D eigenvalue weighted by Crippen LogP contribution is -2.36. The minimum absolute atomic E-state index is 0.0928. The second-order valence-corrected chi connectivity index (χ2v) is 6.73. The van der Waals surface area contributed by atoms with Crippen LogP contribution in [0, 0.1) is 0 Å². The summed E-state index contributed by atoms with van der Waals surface area (Å²) in [6, 6.07) is 10.1. The van der Waals surface area contributed by atoms with Gasteiger partial charge in [0.1, 0.15) is 0 Å². The van der Waals surface area contributed by atoms with Crippen LogP contribution < -0.4 is 4.90 Å². The van der Waals surface area contributed by atoms with E-state index in [1.165, 1.54) is 6.07 Å². The van der Waals surface area contributed by atoms with E-state index >= 15 is 0 Å². The molecule has 6 heteroatoms. The molecule has 0 N–H and O–H groups in total. The quantitative estimate of drug-likeness (QED) is 0.724. The zero-order chi connectivity index (χ0) is 18.1. The van der Waals surface area contributed by atoms with Crippen LogP contribution in [0.1, 0.15) is 40.1 Å². The molecule has 1 aliphatic heterocycles. The topological polar surface area (TPSA) is 46.6 Å². The lowest BCUT2D eigenvalue weighted by molar-refractivity contribution is 0.0527. The first-order valence-electron chi connectivity index (χ1n) is 8.01. The molecule has 1 heterocycles. The normalized spacial score (nSPS) is 15.8. The van der Waals surface area contributed by atoms with Gasteiger partial charge in [-0.15, -0.1) is 0 Å². The van der Waals surface area contributed by atoms with Crippen LogP contribution in [0.3, 0.4) is 0 Å². The molecule has 1 unspecified atom stereocenters. The summed E-state index contributed by atoms with van der Waals surface area (Å²) in [5.41, 5.74) is 2.28. The van der Waals surface area contributed by atoms with Gasteiger partial charge in [0.2, 0.25) is 0 Å². The lowest BCUT2D eigenvalue weighted by atomic mass is 10.1. The number of esters is 1. The van der Waals surface area contributed by atoms with Crippen molar-refractivity contribution in [2.45, 2.75) is 26.3 Å². The fraction of sp³-hybridized carbons (Fsp3) is 0.263. The number of amides is 1. The average Bonchev–Trinajstić information content (AvgIpc) is 2.90. The maximum absolute atomic E-state index is 13.1. The number of anilines is 1. The van der Waals surface area contributed by atoms with Gasteiger partial charge in [0.15, 0.2) is 0 Å². The minimum Gasteiger partial charge on any atom is -0.462 e. The van der Waals surface area contributed by atoms with Crippen LogP contribution in [-0.4, -0.2) is 24.5 Å². The van der Waals surface area contributed by atoms with Gasteiger partial charge in [-0.1, -0.05) is 35.3 Å². The van der Waals surface area contributed by atoms with Crippen LogP contribution in [0.5, 0.6) is 0 Å². The molecule has 2 aromatic carbocycles. The minimum atomic E-state index is -0.437. The highest BCUT2D eigenvalue weighted by atomic mass is 35.5. The third-order valence-corrected chi connectivity index (χ3v) is 4.74. The van der Waals surface area contributed by atoms with Crippen LogP contribution in [0.4, 0.5) is 5.69 Å². The molecule has 4 nitrogen and oxygen atoms in total. The number of hydrogen-bond donors (Lipinski definition) is 0. The molecule has 25 heavy (non-hydrogen) atoms. The first-order valence-corrected chi connectivity index (χ1v) is 8.77. The van der Waals surface area contributed by atoms with Crippen molar-refractivity contribution in [2.24, 2.45) is 0 Å². The molecule has 1 aliphatic rings. The Bertz CT molecular complexity index is 851. The summed E-state index contributed by atoms with van der Waals surface area (Å²) >= 11 is 12.1. The van der Waals surface area contributed by atoms with E-state index < -0.39 is 5.97 Å². The average molecular weight is 378 g/mol. The Labute approximate surface area is 156 Å². The molecule has 2 aromatic rings. The highest BCUT2D eigenvalue weighted by Crippen LogP contribution is 2.37. The smallest absolute Gasteiger partial charge is 0.340 e. The second-order valence-electron chi connectivity index (χ2n) is 5.89. The first-order chi connectivity index (χ1) is 11.9. The molecule has 1 amide bonds. The zero-order valence-electron chi connectivity index (χ0n) is 13.9. The predicted molar refractivity (Wildman–Crippen MR) is 98.8 cm³/mol. The number of carbonyl (C=O) groups excluding carboxylic acids is 2. The summed E-state index contributed by atoms with van der Waals surface area (Å²) in [5, 5.41) is 0.746. The highest BCUT2D eigenvalue weighted by Gasteiger charge is 2.36. The molecule has 1 atom stereocenters. The van der Waals surface area contributed by atoms with Gasteiger partial charge in [0.05, 0.1) is 28.4 Å². The van der Waals surface area contributed by atoms with Gasteiger partial charge in [-0.3, -0.25) is 4.79 Å². The SMILES string of the molecule is CCOC(=O)c1cccc2c1N(C(=O)c1ccc(Cl)cc1Cl)C(C)C2. The van der Waals surface area contributed by atoms with Crippen molar-refractivity contribution in [1.29, 1.82) is 0 Å². The number of ether oxygens (including phenoxy) is 1. The maximum Gasteiger partial charge on any atom is 0.340 e. The van der Waals surface area contributed by atoms with Crippen LogP contribution in [-0.2, 0) is 11.2 Å². The van der Waals surface area contributed by atoms with Gasteiger partial charge in [-0.05, 0) is 50.1 Å². The molecule has 0 aromatic heterocycles. The Morgan fingerprint density at radius 1 is 1.20 bits per heavy atom. The van der Waals surface area contributed by atoms with E-state index in [1.54, 1.807) is 36.1 Å². The number of para-hydroxylation sites is 1. The molecule has 0 radical (unpaired) electrons. The zero-order valence-corrected chi connectivity index (χ0v) is 15.4. The Hall–Kier alpha value is -2.04. The number of carbonyl (C=O) groups is 2. The van der Waals surface area contributed by atoms with Gasteiger partial charge in [-0.2, -0.15) is 0 Å². The van der Waals surface area contributed by atoms with E-state index in [1.807, 2.05) is 13.0 Å². The summed E-state index contributed by atoms with van der Waals surface area (Å²) in [6.45, 7) is 3.96. The van der Waals surface area contributed by atoms with Crippen molar-refractivity contribution in [3.8, 4) is 0 Å². The Morgan fingerprint density at radius 2 is 1.96 bits per heavy atom. The van der Waals surface area contributed by atoms with Crippen molar-refractivity contribution in [3.05, 3.63) is 63.1 Å². The third kappa shape index (κ3) is 3.24. The van der Waals surface area contributed by atoms with Gasteiger partial charge in [0, 0.05) is 11.1 Å². The number of halogens is 2. The number of rotatable bonds is 3. The van der Waals surface area contributed by atoms with Crippen LogP contribution >= 0.6 is 23.2 Å². The Balaban J connectivity index is 2.08. The lowest BCUT2D eigenvalue weighted by Gasteiger charge is -2.25. The summed E-state index contributed by atoms with van der Waals surface area (Å²) in [7, 11) is 0. The molecular weight excluding hydrogens is 361 g/mol. The second kappa shape index (κ2) is 7.06. The molecule has 0 saturated carbocycles. The Kier molecular flexibility index (Phi) is 5.02. The summed E-state index contributed by atoms with van der Waals surface area (Å²) in [4.78, 5) is 27.1. The predicted octanol–water partition coefficient (Wildman–Crippen LogP) is 4.76. The van der Waals surface area contributed by atoms with Crippen LogP contribution in [0.2, 0.25) is 10.0 Å². The first kappa shape index (κ1) is 17.8. The summed E-state index contributed by atoms with van der Waals surface area (Å²) in [5.74, 6) is -0.696. The van der Waals surface area contributed by atoms with Crippen molar-refractivity contribution >= 4 is 40.8 Å². The molecule has 130 valence electrons. The molecule has 3 rings (SSSR count). The maximum atomic E-state index is 13.1. The molecule has 0 bridgehead atoms. The molecule has 0 aliphatic carbocycles. The number of nitrogens with zero attached hydrogens (tertiary/aromatic N) is 1. The largest absolute Gasteiger partial charge is 0.462 e. The van der Waals surface area contributed by atoms with Gasteiger partial charge in [0.25, 0.3) is 5.91 Å². The van der Waals surface area contributed by atoms with Crippen molar-refractivity contribution in [3.63, 3.8) is 0 Å². The summed E-state index contributed by atoms with van der Waals surface area (Å²) in [6.07, 6.45) is 0.666. The molecule has 0 spiro atoms.